The fourth-order valence-corrected chi connectivity index (χ4v) is 4.76. The highest BCUT2D eigenvalue weighted by molar-refractivity contribution is 7.89. The Hall–Kier alpha value is -2.95. The highest BCUT2D eigenvalue weighted by atomic mass is 32.2. The van der Waals surface area contributed by atoms with E-state index in [9.17, 15) is 18.0 Å². The molecule has 0 saturated carbocycles. The molecular weight excluding hydrogens is 398 g/mol. The van der Waals surface area contributed by atoms with Gasteiger partial charge in [0.05, 0.1) is 29.4 Å². The summed E-state index contributed by atoms with van der Waals surface area (Å²) in [5.74, 6) is -0.360. The first kappa shape index (κ1) is 19.4. The summed E-state index contributed by atoms with van der Waals surface area (Å²) in [5, 5.41) is 5.35. The van der Waals surface area contributed by atoms with Crippen molar-refractivity contribution in [2.45, 2.75) is 4.90 Å². The van der Waals surface area contributed by atoms with Crippen molar-refractivity contribution in [3.8, 4) is 5.75 Å². The number of nitrogens with one attached hydrogen (secondary N) is 2. The maximum Gasteiger partial charge on any atom is 0.262 e. The van der Waals surface area contributed by atoms with Crippen molar-refractivity contribution < 1.29 is 27.5 Å². The minimum Gasteiger partial charge on any atom is -0.482 e. The zero-order valence-electron chi connectivity index (χ0n) is 15.4. The van der Waals surface area contributed by atoms with Crippen molar-refractivity contribution in [2.75, 3.05) is 43.5 Å². The standard InChI is InChI=1S/C19H19N3O6S/c23-18-12-28-16-6-5-13(11-15(16)21-18)20-19(24)14-3-1-2-4-17(14)29(25,26)22-7-9-27-10-8-22/h1-6,11H,7-10,12H2,(H,20,24)(H,21,23). The lowest BCUT2D eigenvalue weighted by Gasteiger charge is -2.26. The molecule has 0 aromatic heterocycles. The number of hydrogen-bond donors (Lipinski definition) is 2. The first-order chi connectivity index (χ1) is 13.9. The van der Waals surface area contributed by atoms with Crippen LogP contribution < -0.4 is 15.4 Å². The van der Waals surface area contributed by atoms with Crippen molar-refractivity contribution in [1.82, 2.24) is 4.31 Å². The molecule has 2 heterocycles. The van der Waals surface area contributed by atoms with E-state index >= 15 is 0 Å². The molecule has 0 radical (unpaired) electrons. The van der Waals surface area contributed by atoms with E-state index in [2.05, 4.69) is 10.6 Å². The SMILES string of the molecule is O=C1COc2ccc(NC(=O)c3ccccc3S(=O)(=O)N3CCOCC3)cc2N1. The molecule has 4 rings (SSSR count). The summed E-state index contributed by atoms with van der Waals surface area (Å²) in [4.78, 5) is 24.3. The molecule has 0 unspecified atom stereocenters. The van der Waals surface area contributed by atoms with E-state index in [1.807, 2.05) is 0 Å². The number of anilines is 2. The van der Waals surface area contributed by atoms with Crippen LogP contribution in [0.2, 0.25) is 0 Å². The van der Waals surface area contributed by atoms with Crippen LogP contribution in [0.4, 0.5) is 11.4 Å². The number of carbonyl (C=O) groups is 2. The summed E-state index contributed by atoms with van der Waals surface area (Å²) >= 11 is 0. The van der Waals surface area contributed by atoms with Gasteiger partial charge in [-0.15, -0.1) is 0 Å². The van der Waals surface area contributed by atoms with Crippen LogP contribution in [0.3, 0.4) is 0 Å². The molecular formula is C19H19N3O6S. The second-order valence-electron chi connectivity index (χ2n) is 6.51. The van der Waals surface area contributed by atoms with Crippen LogP contribution in [0.1, 0.15) is 10.4 Å². The number of morpholine rings is 1. The lowest BCUT2D eigenvalue weighted by atomic mass is 10.2. The van der Waals surface area contributed by atoms with E-state index in [4.69, 9.17) is 9.47 Å². The van der Waals surface area contributed by atoms with Crippen LogP contribution in [-0.2, 0) is 19.6 Å². The van der Waals surface area contributed by atoms with Crippen molar-refractivity contribution in [3.05, 3.63) is 48.0 Å². The quantitative estimate of drug-likeness (QED) is 0.775. The molecule has 9 nitrogen and oxygen atoms in total. The summed E-state index contributed by atoms with van der Waals surface area (Å²) < 4.78 is 37.9. The summed E-state index contributed by atoms with van der Waals surface area (Å²) in [5.41, 5.74) is 0.878. The minimum atomic E-state index is -3.84. The average Bonchev–Trinajstić information content (AvgIpc) is 2.74. The first-order valence-corrected chi connectivity index (χ1v) is 10.4. The van der Waals surface area contributed by atoms with E-state index in [1.165, 1.54) is 16.4 Å². The number of amides is 2. The zero-order valence-corrected chi connectivity index (χ0v) is 16.2. The number of benzene rings is 2. The van der Waals surface area contributed by atoms with Gasteiger partial charge in [0.1, 0.15) is 5.75 Å². The predicted octanol–water partition coefficient (Wildman–Crippen LogP) is 1.29. The third-order valence-electron chi connectivity index (χ3n) is 4.59. The second kappa shape index (κ2) is 7.82. The number of carbonyl (C=O) groups excluding carboxylic acids is 2. The summed E-state index contributed by atoms with van der Waals surface area (Å²) in [7, 11) is -3.84. The minimum absolute atomic E-state index is 0.0389. The van der Waals surface area contributed by atoms with Crippen LogP contribution in [0.5, 0.6) is 5.75 Å². The normalized spacial score (nSPS) is 17.0. The molecule has 0 bridgehead atoms. The number of rotatable bonds is 4. The van der Waals surface area contributed by atoms with E-state index in [-0.39, 0.29) is 36.1 Å². The summed E-state index contributed by atoms with van der Waals surface area (Å²) in [6.07, 6.45) is 0. The third-order valence-corrected chi connectivity index (χ3v) is 6.55. The topological polar surface area (TPSA) is 114 Å². The number of nitrogens with zero attached hydrogens (tertiary/aromatic N) is 1. The van der Waals surface area contributed by atoms with Gasteiger partial charge in [-0.25, -0.2) is 8.42 Å². The Morgan fingerprint density at radius 3 is 2.66 bits per heavy atom. The van der Waals surface area contributed by atoms with Crippen molar-refractivity contribution >= 4 is 33.2 Å². The first-order valence-electron chi connectivity index (χ1n) is 9.00. The Kier molecular flexibility index (Phi) is 5.22. The number of sulfonamides is 1. The van der Waals surface area contributed by atoms with Gasteiger partial charge < -0.3 is 20.1 Å². The van der Waals surface area contributed by atoms with E-state index in [0.717, 1.165) is 0 Å². The van der Waals surface area contributed by atoms with Crippen molar-refractivity contribution in [3.63, 3.8) is 0 Å². The second-order valence-corrected chi connectivity index (χ2v) is 8.42. The Labute approximate surface area is 167 Å². The highest BCUT2D eigenvalue weighted by Crippen LogP contribution is 2.31. The van der Waals surface area contributed by atoms with Gasteiger partial charge in [0.25, 0.3) is 11.8 Å². The molecule has 2 aliphatic rings. The molecule has 0 spiro atoms. The van der Waals surface area contributed by atoms with Gasteiger partial charge in [0.2, 0.25) is 10.0 Å². The van der Waals surface area contributed by atoms with Crippen LogP contribution in [0.25, 0.3) is 0 Å². The molecule has 0 aliphatic carbocycles. The molecule has 2 aliphatic heterocycles. The largest absolute Gasteiger partial charge is 0.482 e. The number of fused-ring (bicyclic) bond motifs is 1. The third kappa shape index (κ3) is 3.95. The smallest absolute Gasteiger partial charge is 0.262 e. The van der Waals surface area contributed by atoms with Crippen LogP contribution in [0, 0.1) is 0 Å². The van der Waals surface area contributed by atoms with Gasteiger partial charge in [-0.1, -0.05) is 12.1 Å². The molecule has 2 N–H and O–H groups in total. The highest BCUT2D eigenvalue weighted by Gasteiger charge is 2.30. The predicted molar refractivity (Wildman–Crippen MR) is 105 cm³/mol. The van der Waals surface area contributed by atoms with Gasteiger partial charge in [-0.2, -0.15) is 4.31 Å². The molecule has 29 heavy (non-hydrogen) atoms. The van der Waals surface area contributed by atoms with Crippen LogP contribution in [0.15, 0.2) is 47.4 Å². The Morgan fingerprint density at radius 1 is 1.10 bits per heavy atom. The van der Waals surface area contributed by atoms with Gasteiger partial charge in [-0.05, 0) is 30.3 Å². The van der Waals surface area contributed by atoms with Crippen molar-refractivity contribution in [1.29, 1.82) is 0 Å². The fourth-order valence-electron chi connectivity index (χ4n) is 3.16. The monoisotopic (exact) mass is 417 g/mol. The molecule has 1 fully saturated rings. The molecule has 0 atom stereocenters. The number of ether oxygens (including phenoxy) is 2. The van der Waals surface area contributed by atoms with Crippen LogP contribution in [-0.4, -0.2) is 57.4 Å². The molecule has 2 aromatic carbocycles. The average molecular weight is 417 g/mol. The lowest BCUT2D eigenvalue weighted by molar-refractivity contribution is -0.118. The fraction of sp³-hybridized carbons (Fsp3) is 0.263. The maximum absolute atomic E-state index is 13.0. The summed E-state index contributed by atoms with van der Waals surface area (Å²) in [6, 6.07) is 10.9. The molecule has 152 valence electrons. The molecule has 2 aromatic rings. The maximum atomic E-state index is 13.0. The molecule has 2 amide bonds. The van der Waals surface area contributed by atoms with E-state index in [0.29, 0.717) is 30.3 Å². The van der Waals surface area contributed by atoms with Gasteiger partial charge >= 0.3 is 0 Å². The van der Waals surface area contributed by atoms with Gasteiger partial charge in [0.15, 0.2) is 6.61 Å². The van der Waals surface area contributed by atoms with Crippen molar-refractivity contribution in [2.24, 2.45) is 0 Å². The zero-order chi connectivity index (χ0) is 20.4. The lowest BCUT2D eigenvalue weighted by Crippen LogP contribution is -2.41. The van der Waals surface area contributed by atoms with Gasteiger partial charge in [0, 0.05) is 18.8 Å². The van der Waals surface area contributed by atoms with E-state index < -0.39 is 15.9 Å². The molecule has 1 saturated heterocycles. The Morgan fingerprint density at radius 2 is 1.86 bits per heavy atom. The number of hydrogen-bond acceptors (Lipinski definition) is 6. The van der Waals surface area contributed by atoms with E-state index in [1.54, 1.807) is 30.3 Å². The van der Waals surface area contributed by atoms with Crippen LogP contribution >= 0.6 is 0 Å². The Bertz CT molecular complexity index is 1060. The molecule has 10 heteroatoms. The summed E-state index contributed by atoms with van der Waals surface area (Å²) in [6.45, 7) is 1.05. The van der Waals surface area contributed by atoms with Gasteiger partial charge in [-0.3, -0.25) is 9.59 Å². The Balaban J connectivity index is 1.60.